The topological polar surface area (TPSA) is 76.0 Å². The van der Waals surface area contributed by atoms with Crippen molar-refractivity contribution in [1.82, 2.24) is 19.8 Å². The second kappa shape index (κ2) is 6.49. The summed E-state index contributed by atoms with van der Waals surface area (Å²) >= 11 is 1.44. The molecule has 2 aromatic rings. The van der Waals surface area contributed by atoms with Crippen LogP contribution in [0.15, 0.2) is 28.6 Å². The maximum absolute atomic E-state index is 12.1. The van der Waals surface area contributed by atoms with Crippen LogP contribution in [0.2, 0.25) is 0 Å². The first kappa shape index (κ1) is 15.2. The van der Waals surface area contributed by atoms with Crippen LogP contribution in [0, 0.1) is 0 Å². The number of rotatable bonds is 7. The quantitative estimate of drug-likeness (QED) is 0.790. The van der Waals surface area contributed by atoms with Gasteiger partial charge in [0.05, 0.1) is 10.6 Å². The lowest BCUT2D eigenvalue weighted by molar-refractivity contribution is 0.581. The number of nitrogens with one attached hydrogen (secondary N) is 2. The van der Waals surface area contributed by atoms with E-state index in [-0.39, 0.29) is 0 Å². The van der Waals surface area contributed by atoms with Gasteiger partial charge in [0.25, 0.3) is 0 Å². The van der Waals surface area contributed by atoms with Gasteiger partial charge in [0.15, 0.2) is 0 Å². The highest BCUT2D eigenvalue weighted by Crippen LogP contribution is 2.18. The van der Waals surface area contributed by atoms with Gasteiger partial charge < -0.3 is 5.32 Å². The smallest absolute Gasteiger partial charge is 0.241 e. The Hall–Kier alpha value is -1.22. The second-order valence-electron chi connectivity index (χ2n) is 4.41. The van der Waals surface area contributed by atoms with E-state index >= 15 is 0 Å². The molecule has 0 aromatic carbocycles. The van der Waals surface area contributed by atoms with Gasteiger partial charge in [-0.15, -0.1) is 11.3 Å². The molecule has 2 rings (SSSR count). The lowest BCUT2D eigenvalue weighted by Gasteiger charge is -2.03. The summed E-state index contributed by atoms with van der Waals surface area (Å²) in [5.41, 5.74) is 0.872. The highest BCUT2D eigenvalue weighted by molar-refractivity contribution is 7.89. The zero-order chi connectivity index (χ0) is 14.6. The van der Waals surface area contributed by atoms with E-state index < -0.39 is 10.0 Å². The molecule has 0 bridgehead atoms. The van der Waals surface area contributed by atoms with Crippen molar-refractivity contribution < 1.29 is 8.42 Å². The van der Waals surface area contributed by atoms with E-state index in [1.54, 1.807) is 16.1 Å². The van der Waals surface area contributed by atoms with Crippen LogP contribution in [-0.2, 0) is 30.0 Å². The second-order valence-corrected chi connectivity index (χ2v) is 7.17. The summed E-state index contributed by atoms with van der Waals surface area (Å²) in [5.74, 6) is 0. The molecule has 0 fully saturated rings. The van der Waals surface area contributed by atoms with Crippen LogP contribution in [0.1, 0.15) is 10.6 Å². The van der Waals surface area contributed by atoms with Crippen molar-refractivity contribution in [2.24, 2.45) is 7.05 Å². The average Bonchev–Trinajstić information content (AvgIpc) is 2.99. The van der Waals surface area contributed by atoms with Gasteiger partial charge in [-0.05, 0) is 19.2 Å². The van der Waals surface area contributed by atoms with Gasteiger partial charge >= 0.3 is 0 Å². The van der Waals surface area contributed by atoms with E-state index in [0.717, 1.165) is 10.6 Å². The summed E-state index contributed by atoms with van der Waals surface area (Å²) in [6, 6.07) is 3.58. The fourth-order valence-electron chi connectivity index (χ4n) is 1.76. The van der Waals surface area contributed by atoms with Crippen LogP contribution in [0.4, 0.5) is 0 Å². The van der Waals surface area contributed by atoms with Crippen LogP contribution in [0.3, 0.4) is 0 Å². The van der Waals surface area contributed by atoms with Crippen molar-refractivity contribution in [1.29, 1.82) is 0 Å². The lowest BCUT2D eigenvalue weighted by Crippen LogP contribution is -2.25. The van der Waals surface area contributed by atoms with Crippen molar-refractivity contribution in [3.05, 3.63) is 34.3 Å². The third-order valence-corrected chi connectivity index (χ3v) is 5.26. The molecular weight excluding hydrogens is 296 g/mol. The Kier molecular flexibility index (Phi) is 4.92. The molecule has 2 heterocycles. The van der Waals surface area contributed by atoms with Crippen LogP contribution in [0.25, 0.3) is 0 Å². The van der Waals surface area contributed by atoms with Crippen molar-refractivity contribution in [2.75, 3.05) is 13.6 Å². The van der Waals surface area contributed by atoms with E-state index in [9.17, 15) is 8.42 Å². The highest BCUT2D eigenvalue weighted by atomic mass is 32.2. The van der Waals surface area contributed by atoms with Gasteiger partial charge in [0.1, 0.15) is 0 Å². The number of hydrogen-bond acceptors (Lipinski definition) is 5. The molecule has 0 aliphatic heterocycles. The van der Waals surface area contributed by atoms with E-state index in [2.05, 4.69) is 15.1 Å². The van der Waals surface area contributed by atoms with Gasteiger partial charge in [-0.3, -0.25) is 4.68 Å². The average molecular weight is 314 g/mol. The molecule has 0 amide bonds. The molecular formula is C12H18N4O2S2. The van der Waals surface area contributed by atoms with Crippen molar-refractivity contribution in [3.8, 4) is 0 Å². The summed E-state index contributed by atoms with van der Waals surface area (Å²) in [5, 5.41) is 8.87. The molecule has 0 saturated carbocycles. The molecule has 0 saturated heterocycles. The zero-order valence-corrected chi connectivity index (χ0v) is 13.1. The molecule has 0 aliphatic carbocycles. The summed E-state index contributed by atoms with van der Waals surface area (Å²) in [6.07, 6.45) is 2.42. The first-order valence-corrected chi connectivity index (χ1v) is 8.58. The van der Waals surface area contributed by atoms with Gasteiger partial charge in [-0.1, -0.05) is 0 Å². The van der Waals surface area contributed by atoms with E-state index in [1.807, 2.05) is 26.4 Å². The monoisotopic (exact) mass is 314 g/mol. The Morgan fingerprint density at radius 3 is 2.90 bits per heavy atom. The normalized spacial score (nSPS) is 11.9. The van der Waals surface area contributed by atoms with Gasteiger partial charge in [-0.25, -0.2) is 13.1 Å². The fourth-order valence-corrected chi connectivity index (χ4v) is 4.08. The molecule has 0 radical (unpaired) electrons. The first-order valence-electron chi connectivity index (χ1n) is 6.21. The van der Waals surface area contributed by atoms with Crippen molar-refractivity contribution in [3.63, 3.8) is 0 Å². The Morgan fingerprint density at radius 1 is 1.45 bits per heavy atom. The van der Waals surface area contributed by atoms with E-state index in [4.69, 9.17) is 0 Å². The number of hydrogen-bond donors (Lipinski definition) is 2. The Labute approximate surface area is 122 Å². The van der Waals surface area contributed by atoms with Crippen LogP contribution in [0.5, 0.6) is 0 Å². The highest BCUT2D eigenvalue weighted by Gasteiger charge is 2.15. The predicted octanol–water partition coefficient (Wildman–Crippen LogP) is 0.722. The van der Waals surface area contributed by atoms with E-state index in [1.165, 1.54) is 11.3 Å². The SMILES string of the molecule is CNCc1cc(S(=O)(=O)NCCc2ccn(C)n2)cs1. The first-order chi connectivity index (χ1) is 9.51. The number of sulfonamides is 1. The lowest BCUT2D eigenvalue weighted by atomic mass is 10.3. The van der Waals surface area contributed by atoms with Crippen molar-refractivity contribution in [2.45, 2.75) is 17.9 Å². The minimum absolute atomic E-state index is 0.328. The molecule has 2 aromatic heterocycles. The zero-order valence-electron chi connectivity index (χ0n) is 11.5. The third kappa shape index (κ3) is 3.89. The minimum Gasteiger partial charge on any atom is -0.315 e. The van der Waals surface area contributed by atoms with Crippen molar-refractivity contribution >= 4 is 21.4 Å². The summed E-state index contributed by atoms with van der Waals surface area (Å²) in [4.78, 5) is 1.33. The molecule has 110 valence electrons. The standard InChI is InChI=1S/C12H18N4O2S2/c1-13-8-11-7-12(9-19-11)20(17,18)14-5-3-10-4-6-16(2)15-10/h4,6-7,9,13-14H,3,5,8H2,1-2H3. The molecule has 0 aliphatic rings. The maximum Gasteiger partial charge on any atom is 0.241 e. The number of aromatic nitrogens is 2. The predicted molar refractivity (Wildman–Crippen MR) is 79.2 cm³/mol. The van der Waals surface area contributed by atoms with Gasteiger partial charge in [0, 0.05) is 43.0 Å². The summed E-state index contributed by atoms with van der Waals surface area (Å²) in [6.45, 7) is 1.02. The van der Waals surface area contributed by atoms with Gasteiger partial charge in [-0.2, -0.15) is 5.10 Å². The molecule has 0 unspecified atom stereocenters. The van der Waals surface area contributed by atoms with Crippen LogP contribution >= 0.6 is 11.3 Å². The molecule has 2 N–H and O–H groups in total. The maximum atomic E-state index is 12.1. The third-order valence-electron chi connectivity index (χ3n) is 2.73. The minimum atomic E-state index is -3.42. The summed E-state index contributed by atoms with van der Waals surface area (Å²) in [7, 11) is 0.245. The number of aryl methyl sites for hydroxylation is 1. The Morgan fingerprint density at radius 2 is 2.25 bits per heavy atom. The fraction of sp³-hybridized carbons (Fsp3) is 0.417. The van der Waals surface area contributed by atoms with Crippen LogP contribution < -0.4 is 10.0 Å². The summed E-state index contributed by atoms with van der Waals surface area (Å²) < 4.78 is 28.5. The van der Waals surface area contributed by atoms with Crippen LogP contribution in [-0.4, -0.2) is 31.8 Å². The number of thiophene rings is 1. The van der Waals surface area contributed by atoms with E-state index in [0.29, 0.717) is 24.4 Å². The molecule has 0 atom stereocenters. The largest absolute Gasteiger partial charge is 0.315 e. The Bertz CT molecular complexity index is 661. The molecule has 8 heteroatoms. The number of nitrogens with zero attached hydrogens (tertiary/aromatic N) is 2. The molecule has 6 nitrogen and oxygen atoms in total. The Balaban J connectivity index is 1.92. The molecule has 20 heavy (non-hydrogen) atoms. The molecule has 0 spiro atoms. The van der Waals surface area contributed by atoms with Gasteiger partial charge in [0.2, 0.25) is 10.0 Å².